The van der Waals surface area contributed by atoms with Crippen molar-refractivity contribution >= 4 is 27.5 Å². The predicted octanol–water partition coefficient (Wildman–Crippen LogP) is 4.45. The fourth-order valence-electron chi connectivity index (χ4n) is 4.00. The average Bonchev–Trinajstić information content (AvgIpc) is 3.38. The van der Waals surface area contributed by atoms with E-state index in [0.717, 1.165) is 24.1 Å². The third kappa shape index (κ3) is 3.29. The summed E-state index contributed by atoms with van der Waals surface area (Å²) in [4.78, 5) is 15.1. The Balaban J connectivity index is 1.69. The van der Waals surface area contributed by atoms with Gasteiger partial charge in [0.25, 0.3) is 5.91 Å². The maximum atomic E-state index is 13.4. The molecule has 1 amide bonds. The summed E-state index contributed by atoms with van der Waals surface area (Å²) in [6.45, 7) is 0.831. The highest BCUT2D eigenvalue weighted by molar-refractivity contribution is 7.17. The topological polar surface area (TPSA) is 45.5 Å². The van der Waals surface area contributed by atoms with E-state index in [1.807, 2.05) is 36.4 Å². The van der Waals surface area contributed by atoms with Gasteiger partial charge in [-0.1, -0.05) is 43.2 Å². The van der Waals surface area contributed by atoms with Crippen molar-refractivity contribution in [3.8, 4) is 0 Å². The van der Waals surface area contributed by atoms with Crippen molar-refractivity contribution in [2.24, 2.45) is 0 Å². The van der Waals surface area contributed by atoms with E-state index in [4.69, 9.17) is 0 Å². The number of aromatic nitrogens is 1. The van der Waals surface area contributed by atoms with E-state index in [0.29, 0.717) is 19.1 Å². The monoisotopic (exact) mass is 368 g/mol. The zero-order chi connectivity index (χ0) is 17.9. The Hall–Kier alpha value is -2.11. The van der Waals surface area contributed by atoms with Crippen molar-refractivity contribution in [2.45, 2.75) is 38.3 Å². The Morgan fingerprint density at radius 1 is 1.19 bits per heavy atom. The second-order valence-electron chi connectivity index (χ2n) is 6.94. The molecular formula is C21H24N2O2S. The molecule has 1 N–H and O–H groups in total. The van der Waals surface area contributed by atoms with E-state index >= 15 is 0 Å². The van der Waals surface area contributed by atoms with Gasteiger partial charge in [-0.05, 0) is 35.9 Å². The molecule has 0 radical (unpaired) electrons. The first-order valence-electron chi connectivity index (χ1n) is 9.30. The molecular weight excluding hydrogens is 344 g/mol. The van der Waals surface area contributed by atoms with Gasteiger partial charge in [0.15, 0.2) is 0 Å². The number of nitrogens with zero attached hydrogens (tertiary/aromatic N) is 2. The quantitative estimate of drug-likeness (QED) is 0.698. The molecule has 3 aromatic rings. The number of hydrogen-bond donors (Lipinski definition) is 1. The highest BCUT2D eigenvalue weighted by Gasteiger charge is 2.27. The van der Waals surface area contributed by atoms with Crippen LogP contribution in [-0.4, -0.2) is 33.6 Å². The minimum Gasteiger partial charge on any atom is -0.395 e. The van der Waals surface area contributed by atoms with E-state index in [-0.39, 0.29) is 12.5 Å². The lowest BCUT2D eigenvalue weighted by atomic mass is 10.2. The SMILES string of the molecule is O=C(c1cc2sccc2n1C1CCCC1)N(CCO)Cc1ccccc1. The second-order valence-corrected chi connectivity index (χ2v) is 7.89. The molecule has 0 bridgehead atoms. The maximum absolute atomic E-state index is 13.4. The molecule has 0 spiro atoms. The Kier molecular flexibility index (Phi) is 5.09. The first-order chi connectivity index (χ1) is 12.8. The van der Waals surface area contributed by atoms with E-state index in [1.54, 1.807) is 16.2 Å². The minimum absolute atomic E-state index is 0.0122. The van der Waals surface area contributed by atoms with Gasteiger partial charge in [0, 0.05) is 19.1 Å². The predicted molar refractivity (Wildman–Crippen MR) is 106 cm³/mol. The molecule has 0 unspecified atom stereocenters. The minimum atomic E-state index is -0.0307. The van der Waals surface area contributed by atoms with Gasteiger partial charge in [0.1, 0.15) is 5.69 Å². The van der Waals surface area contributed by atoms with Gasteiger partial charge >= 0.3 is 0 Å². The lowest BCUT2D eigenvalue weighted by Gasteiger charge is -2.24. The summed E-state index contributed by atoms with van der Waals surface area (Å²) in [6.07, 6.45) is 4.73. The van der Waals surface area contributed by atoms with Gasteiger partial charge in [0.2, 0.25) is 0 Å². The van der Waals surface area contributed by atoms with Crippen LogP contribution < -0.4 is 0 Å². The molecule has 0 saturated heterocycles. The van der Waals surface area contributed by atoms with Gasteiger partial charge in [-0.3, -0.25) is 4.79 Å². The highest BCUT2D eigenvalue weighted by Crippen LogP contribution is 2.37. The van der Waals surface area contributed by atoms with Crippen molar-refractivity contribution < 1.29 is 9.90 Å². The van der Waals surface area contributed by atoms with Gasteiger partial charge in [-0.2, -0.15) is 0 Å². The van der Waals surface area contributed by atoms with Crippen molar-refractivity contribution in [3.63, 3.8) is 0 Å². The van der Waals surface area contributed by atoms with Crippen molar-refractivity contribution in [2.75, 3.05) is 13.2 Å². The first-order valence-corrected chi connectivity index (χ1v) is 10.2. The van der Waals surface area contributed by atoms with Crippen LogP contribution in [0.1, 0.15) is 47.8 Å². The van der Waals surface area contributed by atoms with Crippen LogP contribution in [0.4, 0.5) is 0 Å². The smallest absolute Gasteiger partial charge is 0.270 e. The molecule has 0 aliphatic heterocycles. The van der Waals surface area contributed by atoms with E-state index in [1.165, 1.54) is 23.1 Å². The van der Waals surface area contributed by atoms with E-state index in [2.05, 4.69) is 16.0 Å². The lowest BCUT2D eigenvalue weighted by Crippen LogP contribution is -2.34. The number of fused-ring (bicyclic) bond motifs is 1. The Morgan fingerprint density at radius 3 is 2.69 bits per heavy atom. The number of rotatable bonds is 6. The summed E-state index contributed by atoms with van der Waals surface area (Å²) >= 11 is 1.69. The van der Waals surface area contributed by atoms with Crippen LogP contribution in [0.15, 0.2) is 47.8 Å². The molecule has 1 aromatic carbocycles. The van der Waals surface area contributed by atoms with Gasteiger partial charge in [-0.25, -0.2) is 0 Å². The van der Waals surface area contributed by atoms with Crippen LogP contribution in [0.2, 0.25) is 0 Å². The van der Waals surface area contributed by atoms with Crippen LogP contribution in [0.3, 0.4) is 0 Å². The standard InChI is InChI=1S/C21H24N2O2S/c24-12-11-22(15-16-6-2-1-3-7-16)21(25)19-14-20-18(10-13-26-20)23(19)17-8-4-5-9-17/h1-3,6-7,10,13-14,17,24H,4-5,8-9,11-12,15H2. The van der Waals surface area contributed by atoms with Gasteiger partial charge in [-0.15, -0.1) is 11.3 Å². The normalized spacial score (nSPS) is 15.0. The lowest BCUT2D eigenvalue weighted by molar-refractivity contribution is 0.0695. The highest BCUT2D eigenvalue weighted by atomic mass is 32.1. The molecule has 136 valence electrons. The molecule has 0 atom stereocenters. The molecule has 26 heavy (non-hydrogen) atoms. The number of thiophene rings is 1. The number of hydrogen-bond acceptors (Lipinski definition) is 3. The molecule has 4 rings (SSSR count). The Bertz CT molecular complexity index is 878. The largest absolute Gasteiger partial charge is 0.395 e. The fourth-order valence-corrected chi connectivity index (χ4v) is 4.81. The Labute approximate surface area is 157 Å². The number of carbonyl (C=O) groups excluding carboxylic acids is 1. The zero-order valence-corrected chi connectivity index (χ0v) is 15.6. The number of carbonyl (C=O) groups is 1. The number of aliphatic hydroxyl groups excluding tert-OH is 1. The zero-order valence-electron chi connectivity index (χ0n) is 14.8. The molecule has 1 aliphatic rings. The van der Waals surface area contributed by atoms with Crippen molar-refractivity contribution in [1.82, 2.24) is 9.47 Å². The summed E-state index contributed by atoms with van der Waals surface area (Å²) in [5.74, 6) is 0.0122. The van der Waals surface area contributed by atoms with E-state index in [9.17, 15) is 9.90 Å². The van der Waals surface area contributed by atoms with Crippen molar-refractivity contribution in [3.05, 3.63) is 59.1 Å². The van der Waals surface area contributed by atoms with Crippen LogP contribution in [0, 0.1) is 0 Å². The summed E-state index contributed by atoms with van der Waals surface area (Å²) in [5, 5.41) is 11.6. The molecule has 1 fully saturated rings. The maximum Gasteiger partial charge on any atom is 0.270 e. The second kappa shape index (κ2) is 7.64. The first kappa shape index (κ1) is 17.3. The number of aliphatic hydroxyl groups is 1. The molecule has 5 heteroatoms. The van der Waals surface area contributed by atoms with Crippen LogP contribution in [-0.2, 0) is 6.54 Å². The van der Waals surface area contributed by atoms with Gasteiger partial charge in [0.05, 0.1) is 16.8 Å². The molecule has 1 aliphatic carbocycles. The van der Waals surface area contributed by atoms with Gasteiger partial charge < -0.3 is 14.6 Å². The molecule has 2 aromatic heterocycles. The Morgan fingerprint density at radius 2 is 1.96 bits per heavy atom. The third-order valence-electron chi connectivity index (χ3n) is 5.24. The summed E-state index contributed by atoms with van der Waals surface area (Å²) < 4.78 is 3.43. The summed E-state index contributed by atoms with van der Waals surface area (Å²) in [7, 11) is 0. The third-order valence-corrected chi connectivity index (χ3v) is 6.10. The molecule has 1 saturated carbocycles. The van der Waals surface area contributed by atoms with Crippen LogP contribution in [0.5, 0.6) is 0 Å². The molecule has 4 nitrogen and oxygen atoms in total. The number of benzene rings is 1. The van der Waals surface area contributed by atoms with Crippen LogP contribution >= 0.6 is 11.3 Å². The summed E-state index contributed by atoms with van der Waals surface area (Å²) in [5.41, 5.74) is 3.02. The number of amides is 1. The molecule has 2 heterocycles. The fraction of sp³-hybridized carbons (Fsp3) is 0.381. The van der Waals surface area contributed by atoms with E-state index < -0.39 is 0 Å². The van der Waals surface area contributed by atoms with Crippen molar-refractivity contribution in [1.29, 1.82) is 0 Å². The van der Waals surface area contributed by atoms with Crippen LogP contribution in [0.25, 0.3) is 10.2 Å². The summed E-state index contributed by atoms with van der Waals surface area (Å²) in [6, 6.07) is 14.6. The average molecular weight is 369 g/mol.